The van der Waals surface area contributed by atoms with E-state index in [2.05, 4.69) is 9.97 Å². The van der Waals surface area contributed by atoms with Crippen LogP contribution in [-0.4, -0.2) is 28.2 Å². The number of hydrogen-bond acceptors (Lipinski definition) is 4. The Hall–Kier alpha value is -4.00. The highest BCUT2D eigenvalue weighted by atomic mass is 19.1. The van der Waals surface area contributed by atoms with Crippen molar-refractivity contribution in [1.82, 2.24) is 9.97 Å². The van der Waals surface area contributed by atoms with E-state index >= 15 is 0 Å². The first-order chi connectivity index (χ1) is 14.5. The lowest BCUT2D eigenvalue weighted by atomic mass is 10.0. The van der Waals surface area contributed by atoms with Gasteiger partial charge >= 0.3 is 5.97 Å². The molecular formula is C23H17FN2O4. The molecule has 0 aliphatic carbocycles. The number of aromatic nitrogens is 2. The number of nitrogens with zero attached hydrogens (tertiary/aromatic N) is 1. The summed E-state index contributed by atoms with van der Waals surface area (Å²) in [7, 11) is 1.41. The lowest BCUT2D eigenvalue weighted by Crippen LogP contribution is -2.11. The molecule has 0 atom stereocenters. The maximum atomic E-state index is 14.7. The van der Waals surface area contributed by atoms with E-state index in [1.54, 1.807) is 12.1 Å². The average Bonchev–Trinajstić information content (AvgIpc) is 2.73. The second kappa shape index (κ2) is 7.79. The monoisotopic (exact) mass is 404 g/mol. The molecular weight excluding hydrogens is 387 g/mol. The Bertz CT molecular complexity index is 1320. The Morgan fingerprint density at radius 2 is 1.87 bits per heavy atom. The number of H-pyrrole nitrogens is 1. The number of fused-ring (bicyclic) bond motifs is 1. The number of halogens is 1. The number of hydrogen-bond donors (Lipinski definition) is 2. The fourth-order valence-electron chi connectivity index (χ4n) is 3.35. The van der Waals surface area contributed by atoms with Gasteiger partial charge in [0.2, 0.25) is 0 Å². The molecule has 2 N–H and O–H groups in total. The molecule has 0 bridgehead atoms. The van der Waals surface area contributed by atoms with Crippen LogP contribution in [0.15, 0.2) is 65.5 Å². The van der Waals surface area contributed by atoms with E-state index in [1.165, 1.54) is 25.3 Å². The van der Waals surface area contributed by atoms with E-state index in [-0.39, 0.29) is 17.6 Å². The summed E-state index contributed by atoms with van der Waals surface area (Å²) in [6.07, 6.45) is -0.285. The van der Waals surface area contributed by atoms with Gasteiger partial charge in [-0.3, -0.25) is 9.59 Å². The second-order valence-corrected chi connectivity index (χ2v) is 6.73. The number of rotatable bonds is 5. The Morgan fingerprint density at radius 3 is 2.53 bits per heavy atom. The number of carbonyl (C=O) groups is 1. The van der Waals surface area contributed by atoms with Crippen LogP contribution in [-0.2, 0) is 11.2 Å². The Labute approximate surface area is 170 Å². The highest BCUT2D eigenvalue weighted by Gasteiger charge is 2.14. The zero-order chi connectivity index (χ0) is 21.3. The van der Waals surface area contributed by atoms with Crippen molar-refractivity contribution in [3.63, 3.8) is 0 Å². The summed E-state index contributed by atoms with van der Waals surface area (Å²) in [5, 5.41) is 9.29. The number of ether oxygens (including phenoxy) is 1. The summed E-state index contributed by atoms with van der Waals surface area (Å²) in [6.45, 7) is 0. The summed E-state index contributed by atoms with van der Waals surface area (Å²) in [5.74, 6) is -0.947. The summed E-state index contributed by atoms with van der Waals surface area (Å²) in [6, 6.07) is 16.8. The van der Waals surface area contributed by atoms with Gasteiger partial charge in [-0.15, -0.1) is 0 Å². The number of carboxylic acid groups (broad SMARTS) is 1. The first-order valence-corrected chi connectivity index (χ1v) is 9.14. The molecule has 0 saturated carbocycles. The quantitative estimate of drug-likeness (QED) is 0.524. The van der Waals surface area contributed by atoms with Crippen molar-refractivity contribution >= 4 is 16.9 Å². The summed E-state index contributed by atoms with van der Waals surface area (Å²) >= 11 is 0. The number of aromatic amines is 1. The highest BCUT2D eigenvalue weighted by Crippen LogP contribution is 2.28. The smallest absolute Gasteiger partial charge is 0.307 e. The minimum Gasteiger partial charge on any atom is -0.496 e. The van der Waals surface area contributed by atoms with Crippen molar-refractivity contribution in [2.24, 2.45) is 0 Å². The lowest BCUT2D eigenvalue weighted by molar-refractivity contribution is -0.136. The minimum atomic E-state index is -1.04. The Morgan fingerprint density at radius 1 is 1.10 bits per heavy atom. The Balaban J connectivity index is 1.81. The predicted molar refractivity (Wildman–Crippen MR) is 111 cm³/mol. The van der Waals surface area contributed by atoms with Crippen molar-refractivity contribution in [2.75, 3.05) is 7.11 Å². The molecule has 0 aliphatic rings. The van der Waals surface area contributed by atoms with Crippen molar-refractivity contribution in [3.05, 3.63) is 82.4 Å². The summed E-state index contributed by atoms with van der Waals surface area (Å²) < 4.78 is 20.0. The average molecular weight is 404 g/mol. The first kappa shape index (κ1) is 19.3. The molecule has 0 radical (unpaired) electrons. The molecule has 3 aromatic carbocycles. The van der Waals surface area contributed by atoms with Crippen LogP contribution in [0, 0.1) is 5.82 Å². The highest BCUT2D eigenvalue weighted by molar-refractivity contribution is 5.84. The first-order valence-electron chi connectivity index (χ1n) is 9.14. The number of benzene rings is 3. The maximum Gasteiger partial charge on any atom is 0.307 e. The van der Waals surface area contributed by atoms with Crippen molar-refractivity contribution in [1.29, 1.82) is 0 Å². The minimum absolute atomic E-state index is 0.207. The number of carboxylic acids is 1. The van der Waals surface area contributed by atoms with Gasteiger partial charge in [0.05, 0.1) is 24.4 Å². The van der Waals surface area contributed by atoms with Crippen LogP contribution in [0.2, 0.25) is 0 Å². The van der Waals surface area contributed by atoms with Crippen molar-refractivity contribution < 1.29 is 19.0 Å². The SMILES string of the molecule is COc1cc2nc(-c3ccc(-c4ccccc4)c(F)c3)[nH]c(=O)c2cc1CC(=O)O. The summed E-state index contributed by atoms with van der Waals surface area (Å²) in [4.78, 5) is 30.8. The largest absolute Gasteiger partial charge is 0.496 e. The Kier molecular flexibility index (Phi) is 5.02. The van der Waals surface area contributed by atoms with Crippen LogP contribution in [0.1, 0.15) is 5.56 Å². The molecule has 0 aliphatic heterocycles. The van der Waals surface area contributed by atoms with Gasteiger partial charge in [-0.2, -0.15) is 0 Å². The van der Waals surface area contributed by atoms with Gasteiger partial charge in [0, 0.05) is 22.8 Å². The number of methoxy groups -OCH3 is 1. The van der Waals surface area contributed by atoms with Gasteiger partial charge < -0.3 is 14.8 Å². The standard InChI is InChI=1S/C23H17FN2O4/c1-30-20-12-19-17(9-15(20)11-21(27)28)23(29)26-22(25-19)14-7-8-16(18(24)10-14)13-5-3-2-4-6-13/h2-10,12H,11H2,1H3,(H,27,28)(H,25,26,29). The van der Waals surface area contributed by atoms with Gasteiger partial charge in [0.25, 0.3) is 5.56 Å². The zero-order valence-corrected chi connectivity index (χ0v) is 16.0. The van der Waals surface area contributed by atoms with E-state index in [0.717, 1.165) is 5.56 Å². The van der Waals surface area contributed by atoms with Crippen molar-refractivity contribution in [3.8, 4) is 28.3 Å². The maximum absolute atomic E-state index is 14.7. The molecule has 150 valence electrons. The van der Waals surface area contributed by atoms with Gasteiger partial charge in [-0.25, -0.2) is 9.37 Å². The van der Waals surface area contributed by atoms with E-state index in [4.69, 9.17) is 9.84 Å². The molecule has 0 saturated heterocycles. The fraction of sp³-hybridized carbons (Fsp3) is 0.0870. The molecule has 30 heavy (non-hydrogen) atoms. The van der Waals surface area contributed by atoms with Gasteiger partial charge in [-0.05, 0) is 17.7 Å². The normalized spacial score (nSPS) is 10.9. The van der Waals surface area contributed by atoms with Crippen LogP contribution in [0.5, 0.6) is 5.75 Å². The third kappa shape index (κ3) is 3.65. The zero-order valence-electron chi connectivity index (χ0n) is 16.0. The molecule has 4 aromatic rings. The third-order valence-electron chi connectivity index (χ3n) is 4.78. The van der Waals surface area contributed by atoms with Crippen molar-refractivity contribution in [2.45, 2.75) is 6.42 Å². The van der Waals surface area contributed by atoms with Crippen LogP contribution >= 0.6 is 0 Å². The van der Waals surface area contributed by atoms with Crippen LogP contribution in [0.4, 0.5) is 4.39 Å². The van der Waals surface area contributed by atoms with E-state index in [0.29, 0.717) is 28.0 Å². The van der Waals surface area contributed by atoms with Gasteiger partial charge in [-0.1, -0.05) is 42.5 Å². The lowest BCUT2D eigenvalue weighted by Gasteiger charge is -2.10. The van der Waals surface area contributed by atoms with Gasteiger partial charge in [0.15, 0.2) is 0 Å². The van der Waals surface area contributed by atoms with E-state index in [9.17, 15) is 14.0 Å². The van der Waals surface area contributed by atoms with Crippen LogP contribution in [0.25, 0.3) is 33.4 Å². The molecule has 1 heterocycles. The molecule has 0 amide bonds. The van der Waals surface area contributed by atoms with Gasteiger partial charge in [0.1, 0.15) is 17.4 Å². The van der Waals surface area contributed by atoms with Crippen LogP contribution < -0.4 is 10.3 Å². The molecule has 1 aromatic heterocycles. The van der Waals surface area contributed by atoms with E-state index in [1.807, 2.05) is 30.3 Å². The molecule has 0 unspecified atom stereocenters. The molecule has 0 fully saturated rings. The molecule has 4 rings (SSSR count). The third-order valence-corrected chi connectivity index (χ3v) is 4.78. The fourth-order valence-corrected chi connectivity index (χ4v) is 3.35. The predicted octanol–water partition coefficient (Wildman–Crippen LogP) is 4.03. The topological polar surface area (TPSA) is 92.3 Å². The molecule has 7 heteroatoms. The number of nitrogens with one attached hydrogen (secondary N) is 1. The molecule has 6 nitrogen and oxygen atoms in total. The van der Waals surface area contributed by atoms with E-state index < -0.39 is 17.3 Å². The van der Waals surface area contributed by atoms with Crippen LogP contribution in [0.3, 0.4) is 0 Å². The summed E-state index contributed by atoms with van der Waals surface area (Å²) in [5.41, 5.74) is 1.86. The number of aliphatic carboxylic acids is 1. The second-order valence-electron chi connectivity index (χ2n) is 6.73. The molecule has 0 spiro atoms.